The van der Waals surface area contributed by atoms with E-state index in [1.165, 1.54) is 12.8 Å². The molecule has 1 fully saturated rings. The summed E-state index contributed by atoms with van der Waals surface area (Å²) in [5.74, 6) is 1.20. The second-order valence-electron chi connectivity index (χ2n) is 5.90. The fraction of sp³-hybridized carbons (Fsp3) is 0.632. The van der Waals surface area contributed by atoms with Crippen molar-refractivity contribution in [3.8, 4) is 0 Å². The molecule has 2 heterocycles. The number of nitrogen functional groups attached to an aromatic ring is 1. The molecular weight excluding hydrogens is 378 g/mol. The van der Waals surface area contributed by atoms with Crippen LogP contribution in [0.2, 0.25) is 0 Å². The van der Waals surface area contributed by atoms with Crippen molar-refractivity contribution in [2.24, 2.45) is 4.99 Å². The Morgan fingerprint density at radius 2 is 1.82 bits per heavy atom. The highest BCUT2D eigenvalue weighted by atomic mass is 32.2. The van der Waals surface area contributed by atoms with Crippen LogP contribution >= 0.6 is 11.8 Å². The summed E-state index contributed by atoms with van der Waals surface area (Å²) in [6.07, 6.45) is 11.6. The average molecular weight is 416 g/mol. The van der Waals surface area contributed by atoms with Gasteiger partial charge in [-0.05, 0) is 25.5 Å². The molecule has 0 aromatic carbocycles. The highest BCUT2D eigenvalue weighted by Crippen LogP contribution is 2.48. The molecule has 0 radical (unpaired) electrons. The monoisotopic (exact) mass is 415 g/mol. The lowest BCUT2D eigenvalue weighted by atomic mass is 10.0. The first-order valence-corrected chi connectivity index (χ1v) is 10.6. The largest absolute Gasteiger partial charge is 0.412 e. The molecule has 2 aliphatic rings. The number of thioether (sulfide) groups is 1. The zero-order chi connectivity index (χ0) is 19.4. The van der Waals surface area contributed by atoms with E-state index in [2.05, 4.69) is 21.5 Å². The summed E-state index contributed by atoms with van der Waals surface area (Å²) < 4.78 is 0.103. The first-order chi connectivity index (χ1) is 12.6. The van der Waals surface area contributed by atoms with Crippen LogP contribution in [0.3, 0.4) is 0 Å². The predicted octanol–water partition coefficient (Wildman–Crippen LogP) is 1.93. The topological polar surface area (TPSA) is 159 Å². The number of aliphatic imine (C=N–C) groups is 1. The van der Waals surface area contributed by atoms with E-state index in [0.29, 0.717) is 24.9 Å². The molecule has 1 aromatic rings. The standard InChI is InChI=1S/C14H19N5S.C3H8O.C2H6.2H2O/c1-20-14(4-2-3-5-14)11-6-12(15)19-13(18-11)10-7-16-9-17-8-10;1-2-3-4;1-2;;/h6-8,16H,2-5,9H2,1H3,(H2,15,18,19);4H,2-3H2,1H3;1-2H3;2*1H2. The normalized spacial score (nSPS) is 16.0. The van der Waals surface area contributed by atoms with Gasteiger partial charge < -0.3 is 27.1 Å². The summed E-state index contributed by atoms with van der Waals surface area (Å²) in [5, 5.41) is 11.0. The first-order valence-electron chi connectivity index (χ1n) is 9.40. The first kappa shape index (κ1) is 28.5. The molecule has 1 saturated carbocycles. The summed E-state index contributed by atoms with van der Waals surface area (Å²) >= 11 is 1.88. The molecule has 0 unspecified atom stereocenters. The molecule has 0 spiro atoms. The van der Waals surface area contributed by atoms with E-state index in [-0.39, 0.29) is 15.7 Å². The summed E-state index contributed by atoms with van der Waals surface area (Å²) in [6.45, 7) is 6.85. The van der Waals surface area contributed by atoms with Crippen molar-refractivity contribution in [1.82, 2.24) is 15.3 Å². The van der Waals surface area contributed by atoms with Gasteiger partial charge in [-0.1, -0.05) is 33.6 Å². The van der Waals surface area contributed by atoms with Gasteiger partial charge in [0.2, 0.25) is 0 Å². The fourth-order valence-corrected chi connectivity index (χ4v) is 3.86. The summed E-state index contributed by atoms with van der Waals surface area (Å²) in [4.78, 5) is 13.3. The van der Waals surface area contributed by atoms with Crippen molar-refractivity contribution in [3.63, 3.8) is 0 Å². The average Bonchev–Trinajstić information content (AvgIpc) is 3.20. The lowest BCUT2D eigenvalue weighted by molar-refractivity contribution is 0.295. The SMILES string of the molecule is CC.CCCO.CSC1(c2cc(N)nc(C3=CNCN=C3)n2)CCCC1.O.O. The molecule has 0 bridgehead atoms. The van der Waals surface area contributed by atoms with Gasteiger partial charge in [0.05, 0.1) is 16.0 Å². The number of nitrogens with two attached hydrogens (primary N) is 1. The second kappa shape index (κ2) is 15.3. The third kappa shape index (κ3) is 7.75. The Kier molecular flexibility index (Phi) is 15.6. The minimum atomic E-state index is 0. The lowest BCUT2D eigenvalue weighted by Gasteiger charge is -2.26. The van der Waals surface area contributed by atoms with Crippen molar-refractivity contribution >= 4 is 29.4 Å². The van der Waals surface area contributed by atoms with Crippen LogP contribution in [-0.2, 0) is 4.75 Å². The zero-order valence-corrected chi connectivity index (χ0v) is 18.3. The van der Waals surface area contributed by atoms with E-state index in [4.69, 9.17) is 15.8 Å². The molecular formula is C19H37N5O3S. The van der Waals surface area contributed by atoms with Gasteiger partial charge >= 0.3 is 0 Å². The van der Waals surface area contributed by atoms with Crippen LogP contribution in [0, 0.1) is 0 Å². The number of rotatable bonds is 4. The number of aliphatic hydroxyl groups is 1. The number of nitrogens with one attached hydrogen (secondary N) is 1. The van der Waals surface area contributed by atoms with Gasteiger partial charge in [-0.3, -0.25) is 4.99 Å². The Balaban J connectivity index is 0. The molecule has 1 aliphatic heterocycles. The van der Waals surface area contributed by atoms with Crippen molar-refractivity contribution in [3.05, 3.63) is 23.8 Å². The van der Waals surface area contributed by atoms with Gasteiger partial charge in [0.1, 0.15) is 12.5 Å². The third-order valence-electron chi connectivity index (χ3n) is 4.17. The molecule has 8 N–H and O–H groups in total. The Morgan fingerprint density at radius 3 is 2.29 bits per heavy atom. The summed E-state index contributed by atoms with van der Waals surface area (Å²) in [5.41, 5.74) is 7.94. The zero-order valence-electron chi connectivity index (χ0n) is 17.5. The Labute approximate surface area is 172 Å². The van der Waals surface area contributed by atoms with Crippen LogP contribution in [0.15, 0.2) is 17.3 Å². The number of hydrogen-bond donors (Lipinski definition) is 3. The lowest BCUT2D eigenvalue weighted by Crippen LogP contribution is -2.21. The number of allylic oxidation sites excluding steroid dienone is 1. The molecule has 0 saturated heterocycles. The molecule has 0 atom stereocenters. The van der Waals surface area contributed by atoms with Crippen LogP contribution in [0.1, 0.15) is 64.4 Å². The summed E-state index contributed by atoms with van der Waals surface area (Å²) in [6, 6.07) is 1.93. The Hall–Kier alpha value is -1.68. The van der Waals surface area contributed by atoms with Crippen LogP contribution in [-0.4, -0.2) is 51.8 Å². The van der Waals surface area contributed by atoms with Crippen molar-refractivity contribution in [1.29, 1.82) is 0 Å². The molecule has 9 heteroatoms. The van der Waals surface area contributed by atoms with E-state index in [1.807, 2.05) is 44.8 Å². The van der Waals surface area contributed by atoms with E-state index < -0.39 is 0 Å². The van der Waals surface area contributed by atoms with Crippen molar-refractivity contribution in [2.45, 2.75) is 57.6 Å². The fourth-order valence-electron chi connectivity index (χ4n) is 2.85. The molecule has 1 aromatic heterocycles. The maximum absolute atomic E-state index is 7.88. The minimum absolute atomic E-state index is 0. The minimum Gasteiger partial charge on any atom is -0.412 e. The molecule has 8 nitrogen and oxygen atoms in total. The van der Waals surface area contributed by atoms with Gasteiger partial charge in [-0.2, -0.15) is 11.8 Å². The van der Waals surface area contributed by atoms with Crippen molar-refractivity contribution in [2.75, 3.05) is 25.3 Å². The third-order valence-corrected chi connectivity index (χ3v) is 5.57. The van der Waals surface area contributed by atoms with Gasteiger partial charge in [0.25, 0.3) is 0 Å². The van der Waals surface area contributed by atoms with E-state index in [1.54, 1.807) is 6.21 Å². The second-order valence-corrected chi connectivity index (χ2v) is 7.09. The number of anilines is 1. The molecule has 1 aliphatic carbocycles. The van der Waals surface area contributed by atoms with E-state index >= 15 is 0 Å². The van der Waals surface area contributed by atoms with Crippen LogP contribution in [0.4, 0.5) is 5.82 Å². The van der Waals surface area contributed by atoms with Gasteiger partial charge in [-0.25, -0.2) is 9.97 Å². The maximum Gasteiger partial charge on any atom is 0.164 e. The number of nitrogens with zero attached hydrogens (tertiary/aromatic N) is 3. The molecule has 3 rings (SSSR count). The van der Waals surface area contributed by atoms with E-state index in [9.17, 15) is 0 Å². The maximum atomic E-state index is 7.88. The summed E-state index contributed by atoms with van der Waals surface area (Å²) in [7, 11) is 0. The Bertz CT molecular complexity index is 603. The number of aromatic nitrogens is 2. The van der Waals surface area contributed by atoms with E-state index in [0.717, 1.165) is 30.5 Å². The predicted molar refractivity (Wildman–Crippen MR) is 121 cm³/mol. The van der Waals surface area contributed by atoms with Crippen LogP contribution in [0.5, 0.6) is 0 Å². The molecule has 162 valence electrons. The van der Waals surface area contributed by atoms with Gasteiger partial charge in [0, 0.05) is 25.1 Å². The van der Waals surface area contributed by atoms with Crippen molar-refractivity contribution < 1.29 is 16.1 Å². The smallest absolute Gasteiger partial charge is 0.164 e. The van der Waals surface area contributed by atoms with Gasteiger partial charge in [0.15, 0.2) is 5.82 Å². The van der Waals surface area contributed by atoms with Crippen LogP contribution < -0.4 is 11.1 Å². The molecule has 28 heavy (non-hydrogen) atoms. The highest BCUT2D eigenvalue weighted by Gasteiger charge is 2.36. The van der Waals surface area contributed by atoms with Crippen LogP contribution in [0.25, 0.3) is 5.57 Å². The number of hydrogen-bond acceptors (Lipinski definition) is 7. The van der Waals surface area contributed by atoms with Gasteiger partial charge in [-0.15, -0.1) is 0 Å². The molecule has 0 amide bonds. The number of aliphatic hydroxyl groups excluding tert-OH is 1. The quantitative estimate of drug-likeness (QED) is 0.681. The Morgan fingerprint density at radius 1 is 1.21 bits per heavy atom. The highest BCUT2D eigenvalue weighted by molar-refractivity contribution is 7.99.